The van der Waals surface area contributed by atoms with Crippen LogP contribution in [0.5, 0.6) is 11.8 Å². The van der Waals surface area contributed by atoms with E-state index in [2.05, 4.69) is 48.3 Å². The van der Waals surface area contributed by atoms with Crippen LogP contribution < -0.4 is 15.0 Å². The third-order valence-corrected chi connectivity index (χ3v) is 5.01. The maximum absolute atomic E-state index is 11.7. The van der Waals surface area contributed by atoms with Crippen LogP contribution in [0.15, 0.2) is 59.4 Å². The summed E-state index contributed by atoms with van der Waals surface area (Å²) in [5.41, 5.74) is 4.09. The molecule has 29 heavy (non-hydrogen) atoms. The van der Waals surface area contributed by atoms with E-state index in [-0.39, 0.29) is 11.7 Å². The number of hydrogen-bond donors (Lipinski definition) is 0. The topological polar surface area (TPSA) is 62.6 Å². The zero-order valence-corrected chi connectivity index (χ0v) is 16.6. The third-order valence-electron chi connectivity index (χ3n) is 5.01. The minimum absolute atomic E-state index is 0.207. The van der Waals surface area contributed by atoms with E-state index in [9.17, 15) is 4.79 Å². The maximum atomic E-state index is 11.7. The number of nitrogens with zero attached hydrogens (tertiary/aromatic N) is 2. The second kappa shape index (κ2) is 8.49. The molecule has 1 aromatic heterocycles. The summed E-state index contributed by atoms with van der Waals surface area (Å²) in [6, 6.07) is 18.4. The molecule has 0 bridgehead atoms. The lowest BCUT2D eigenvalue weighted by Gasteiger charge is -2.12. The van der Waals surface area contributed by atoms with Gasteiger partial charge in [0.15, 0.2) is 6.10 Å². The van der Waals surface area contributed by atoms with Gasteiger partial charge in [-0.15, -0.1) is 0 Å². The van der Waals surface area contributed by atoms with E-state index in [4.69, 9.17) is 14.2 Å². The van der Waals surface area contributed by atoms with Crippen LogP contribution in [0.1, 0.15) is 18.2 Å². The van der Waals surface area contributed by atoms with Gasteiger partial charge in [-0.3, -0.25) is 9.36 Å². The summed E-state index contributed by atoms with van der Waals surface area (Å²) >= 11 is 0. The Bertz CT molecular complexity index is 1030. The first-order chi connectivity index (χ1) is 14.2. The Balaban J connectivity index is 1.38. The van der Waals surface area contributed by atoms with E-state index in [0.29, 0.717) is 25.8 Å². The predicted molar refractivity (Wildman–Crippen MR) is 110 cm³/mol. The van der Waals surface area contributed by atoms with Crippen LogP contribution in [0.4, 0.5) is 0 Å². The summed E-state index contributed by atoms with van der Waals surface area (Å²) < 4.78 is 18.7. The third kappa shape index (κ3) is 4.32. The Morgan fingerprint density at radius 1 is 1.10 bits per heavy atom. The van der Waals surface area contributed by atoms with Crippen molar-refractivity contribution in [3.63, 3.8) is 0 Å². The van der Waals surface area contributed by atoms with Crippen molar-refractivity contribution in [3.05, 3.63) is 76.2 Å². The largest absolute Gasteiger partial charge is 0.490 e. The van der Waals surface area contributed by atoms with Crippen LogP contribution in [0.2, 0.25) is 0 Å². The van der Waals surface area contributed by atoms with Crippen molar-refractivity contribution < 1.29 is 14.2 Å². The summed E-state index contributed by atoms with van der Waals surface area (Å²) in [4.78, 5) is 15.6. The average molecular weight is 392 g/mol. The highest BCUT2D eigenvalue weighted by Crippen LogP contribution is 2.24. The van der Waals surface area contributed by atoms with Crippen molar-refractivity contribution >= 4 is 0 Å². The van der Waals surface area contributed by atoms with Gasteiger partial charge >= 0.3 is 6.01 Å². The lowest BCUT2D eigenvalue weighted by Crippen LogP contribution is -2.23. The number of benzene rings is 2. The fourth-order valence-electron chi connectivity index (χ4n) is 3.43. The number of ether oxygens (including phenoxy) is 3. The van der Waals surface area contributed by atoms with Gasteiger partial charge in [0.05, 0.1) is 18.8 Å². The molecule has 2 heterocycles. The number of fused-ring (bicyclic) bond motifs is 1. The summed E-state index contributed by atoms with van der Waals surface area (Å²) in [5, 5.41) is 0. The van der Waals surface area contributed by atoms with Gasteiger partial charge in [0.25, 0.3) is 5.56 Å². The van der Waals surface area contributed by atoms with Crippen LogP contribution in [0.3, 0.4) is 0 Å². The van der Waals surface area contributed by atoms with Crippen molar-refractivity contribution in [3.8, 4) is 22.9 Å². The fraction of sp³-hybridized carbons (Fsp3) is 0.304. The Kier molecular flexibility index (Phi) is 5.62. The van der Waals surface area contributed by atoms with Crippen molar-refractivity contribution in [1.82, 2.24) is 9.55 Å². The second-order valence-electron chi connectivity index (χ2n) is 7.04. The van der Waals surface area contributed by atoms with E-state index >= 15 is 0 Å². The molecular weight excluding hydrogens is 368 g/mol. The molecule has 3 aromatic rings. The van der Waals surface area contributed by atoms with E-state index in [0.717, 1.165) is 23.4 Å². The van der Waals surface area contributed by atoms with Gasteiger partial charge in [0.1, 0.15) is 12.4 Å². The highest BCUT2D eigenvalue weighted by molar-refractivity contribution is 5.64. The Hall–Kier alpha value is -3.12. The molecule has 1 aliphatic heterocycles. The molecule has 2 aromatic carbocycles. The molecule has 1 aliphatic rings. The average Bonchev–Trinajstić information content (AvgIpc) is 3.16. The van der Waals surface area contributed by atoms with Crippen molar-refractivity contribution in [2.45, 2.75) is 32.6 Å². The van der Waals surface area contributed by atoms with Crippen LogP contribution >= 0.6 is 0 Å². The monoisotopic (exact) mass is 392 g/mol. The minimum Gasteiger partial charge on any atom is -0.490 e. The normalized spacial score (nSPS) is 15.0. The van der Waals surface area contributed by atoms with E-state index in [1.165, 1.54) is 17.2 Å². The molecule has 0 radical (unpaired) electrons. The lowest BCUT2D eigenvalue weighted by atomic mass is 10.0. The van der Waals surface area contributed by atoms with Crippen LogP contribution in [-0.4, -0.2) is 29.4 Å². The van der Waals surface area contributed by atoms with Crippen LogP contribution in [0.25, 0.3) is 11.1 Å². The lowest BCUT2D eigenvalue weighted by molar-refractivity contribution is 0.143. The summed E-state index contributed by atoms with van der Waals surface area (Å²) in [5.74, 6) is 0.776. The van der Waals surface area contributed by atoms with Gasteiger partial charge in [-0.1, -0.05) is 43.3 Å². The molecule has 0 N–H and O–H groups in total. The van der Waals surface area contributed by atoms with Crippen molar-refractivity contribution in [2.24, 2.45) is 0 Å². The predicted octanol–water partition coefficient (Wildman–Crippen LogP) is 3.46. The Morgan fingerprint density at radius 2 is 1.79 bits per heavy atom. The van der Waals surface area contributed by atoms with Crippen LogP contribution in [-0.2, 0) is 24.3 Å². The number of methoxy groups -OCH3 is 1. The SMILES string of the molecule is CCc1ccc(-c2ccc(OCC3Cn4c(COC)cc(=O)nc4O3)cc2)cc1. The highest BCUT2D eigenvalue weighted by atomic mass is 16.6. The molecule has 6 nitrogen and oxygen atoms in total. The zero-order chi connectivity index (χ0) is 20.2. The zero-order valence-electron chi connectivity index (χ0n) is 16.6. The first kappa shape index (κ1) is 19.2. The molecule has 0 amide bonds. The van der Waals surface area contributed by atoms with Gasteiger partial charge in [0.2, 0.25) is 0 Å². The molecule has 0 saturated carbocycles. The number of aryl methyl sites for hydroxylation is 1. The fourth-order valence-corrected chi connectivity index (χ4v) is 3.43. The molecule has 0 saturated heterocycles. The maximum Gasteiger partial charge on any atom is 0.300 e. The summed E-state index contributed by atoms with van der Waals surface area (Å²) in [6.07, 6.45) is 0.832. The Morgan fingerprint density at radius 3 is 2.45 bits per heavy atom. The van der Waals surface area contributed by atoms with Crippen molar-refractivity contribution in [1.29, 1.82) is 0 Å². The summed E-state index contributed by atoms with van der Waals surface area (Å²) in [7, 11) is 1.59. The van der Waals surface area contributed by atoms with E-state index in [1.807, 2.05) is 16.7 Å². The molecule has 0 spiro atoms. The summed E-state index contributed by atoms with van der Waals surface area (Å²) in [6.45, 7) is 3.43. The van der Waals surface area contributed by atoms with Gasteiger partial charge in [-0.05, 0) is 35.2 Å². The number of hydrogen-bond acceptors (Lipinski definition) is 5. The van der Waals surface area contributed by atoms with Gasteiger partial charge < -0.3 is 14.2 Å². The molecule has 0 fully saturated rings. The molecular formula is C23H24N2O4. The van der Waals surface area contributed by atoms with E-state index < -0.39 is 0 Å². The standard InChI is InChI=1S/C23H24N2O4/c1-3-16-4-6-17(7-5-16)18-8-10-20(11-9-18)28-15-21-13-25-19(14-27-2)12-22(26)24-23(25)29-21/h4-12,21H,3,13-15H2,1-2H3. The number of aromatic nitrogens is 2. The molecule has 1 unspecified atom stereocenters. The smallest absolute Gasteiger partial charge is 0.300 e. The first-order valence-electron chi connectivity index (χ1n) is 9.75. The van der Waals surface area contributed by atoms with Gasteiger partial charge in [-0.25, -0.2) is 0 Å². The Labute approximate surface area is 169 Å². The quantitative estimate of drug-likeness (QED) is 0.616. The van der Waals surface area contributed by atoms with Crippen molar-refractivity contribution in [2.75, 3.05) is 13.7 Å². The van der Waals surface area contributed by atoms with Gasteiger partial charge in [-0.2, -0.15) is 4.98 Å². The van der Waals surface area contributed by atoms with Crippen LogP contribution in [0, 0.1) is 0 Å². The first-order valence-corrected chi connectivity index (χ1v) is 9.75. The molecule has 150 valence electrons. The molecule has 4 rings (SSSR count). The van der Waals surface area contributed by atoms with E-state index in [1.54, 1.807) is 7.11 Å². The number of rotatable bonds is 7. The molecule has 6 heteroatoms. The minimum atomic E-state index is -0.326. The van der Waals surface area contributed by atoms with Gasteiger partial charge in [0, 0.05) is 13.2 Å². The second-order valence-corrected chi connectivity index (χ2v) is 7.04. The molecule has 1 atom stereocenters. The highest BCUT2D eigenvalue weighted by Gasteiger charge is 2.26. The molecule has 0 aliphatic carbocycles.